The van der Waals surface area contributed by atoms with Crippen LogP contribution in [-0.4, -0.2) is 30.0 Å². The lowest BCUT2D eigenvalue weighted by molar-refractivity contribution is -0.172. The molecule has 0 aliphatic carbocycles. The second-order valence-corrected chi connectivity index (χ2v) is 10.9. The van der Waals surface area contributed by atoms with Crippen LogP contribution in [0.15, 0.2) is 89.8 Å². The van der Waals surface area contributed by atoms with Gasteiger partial charge >= 0.3 is 5.97 Å². The fourth-order valence-corrected chi connectivity index (χ4v) is 5.98. The predicted molar refractivity (Wildman–Crippen MR) is 148 cm³/mol. The monoisotopic (exact) mass is 515 g/mol. The normalized spacial score (nSPS) is 19.5. The number of hydrogen-bond donors (Lipinski definition) is 0. The van der Waals surface area contributed by atoms with Gasteiger partial charge in [0, 0.05) is 24.1 Å². The van der Waals surface area contributed by atoms with E-state index in [9.17, 15) is 14.4 Å². The first-order valence-electron chi connectivity index (χ1n) is 12.7. The van der Waals surface area contributed by atoms with Crippen LogP contribution in [0.1, 0.15) is 56.6 Å². The number of ketones is 1. The van der Waals surface area contributed by atoms with Crippen LogP contribution in [0.25, 0.3) is 0 Å². The van der Waals surface area contributed by atoms with Crippen LogP contribution < -0.4 is 4.90 Å². The molecule has 0 radical (unpaired) electrons. The van der Waals surface area contributed by atoms with E-state index in [4.69, 9.17) is 4.74 Å². The van der Waals surface area contributed by atoms with Crippen molar-refractivity contribution in [1.82, 2.24) is 0 Å². The molecule has 1 aliphatic rings. The Balaban J connectivity index is 1.50. The standard InChI is InChI=1S/C31H33NO4S/c1-22(2)25-17-10-11-18-27(25)37-29-26(33)21-31(36-30(29)35,23-13-6-4-7-14-23)20-12-19-28(34)32(3)24-15-8-5-9-16-24/h4-11,13-18,22,29H,12,19-21H2,1-3H3. The molecule has 6 heteroatoms. The van der Waals surface area contributed by atoms with Crippen molar-refractivity contribution in [1.29, 1.82) is 0 Å². The van der Waals surface area contributed by atoms with Gasteiger partial charge in [-0.15, -0.1) is 11.8 Å². The van der Waals surface area contributed by atoms with Gasteiger partial charge in [-0.2, -0.15) is 0 Å². The Morgan fingerprint density at radius 2 is 1.59 bits per heavy atom. The maximum atomic E-state index is 13.5. The average Bonchev–Trinajstić information content (AvgIpc) is 2.91. The van der Waals surface area contributed by atoms with Crippen molar-refractivity contribution in [3.8, 4) is 0 Å². The molecule has 0 saturated carbocycles. The molecule has 3 aromatic carbocycles. The summed E-state index contributed by atoms with van der Waals surface area (Å²) < 4.78 is 6.14. The minimum atomic E-state index is -1.07. The molecular weight excluding hydrogens is 482 g/mol. The van der Waals surface area contributed by atoms with Gasteiger partial charge in [0.1, 0.15) is 5.60 Å². The van der Waals surface area contributed by atoms with Gasteiger partial charge in [-0.1, -0.05) is 80.6 Å². The summed E-state index contributed by atoms with van der Waals surface area (Å²) in [5.41, 5.74) is 1.64. The van der Waals surface area contributed by atoms with Crippen molar-refractivity contribution in [3.63, 3.8) is 0 Å². The molecule has 0 bridgehead atoms. The molecule has 2 unspecified atom stereocenters. The van der Waals surface area contributed by atoms with Gasteiger partial charge < -0.3 is 9.64 Å². The number of ether oxygens (including phenoxy) is 1. The molecule has 4 rings (SSSR count). The lowest BCUT2D eigenvalue weighted by atomic mass is 9.81. The topological polar surface area (TPSA) is 63.7 Å². The molecular formula is C31H33NO4S. The highest BCUT2D eigenvalue weighted by Crippen LogP contribution is 2.43. The smallest absolute Gasteiger partial charge is 0.327 e. The van der Waals surface area contributed by atoms with Crippen LogP contribution in [0.2, 0.25) is 0 Å². The maximum absolute atomic E-state index is 13.5. The number of cyclic esters (lactones) is 1. The Kier molecular flexibility index (Phi) is 8.49. The fourth-order valence-electron chi connectivity index (χ4n) is 4.77. The number of carbonyl (C=O) groups excluding carboxylic acids is 3. The molecule has 1 amide bonds. The molecule has 1 aliphatic heterocycles. The van der Waals surface area contributed by atoms with E-state index in [2.05, 4.69) is 13.8 Å². The summed E-state index contributed by atoms with van der Waals surface area (Å²) in [7, 11) is 1.76. The first-order chi connectivity index (χ1) is 17.8. The summed E-state index contributed by atoms with van der Waals surface area (Å²) in [4.78, 5) is 42.2. The molecule has 1 fully saturated rings. The number of carbonyl (C=O) groups is 3. The van der Waals surface area contributed by atoms with Crippen molar-refractivity contribution in [2.45, 2.75) is 61.2 Å². The second kappa shape index (κ2) is 11.8. The lowest BCUT2D eigenvalue weighted by Gasteiger charge is -2.39. The number of rotatable bonds is 9. The summed E-state index contributed by atoms with van der Waals surface area (Å²) in [6.45, 7) is 4.19. The molecule has 5 nitrogen and oxygen atoms in total. The number of amides is 1. The predicted octanol–water partition coefficient (Wildman–Crippen LogP) is 6.52. The van der Waals surface area contributed by atoms with Gasteiger partial charge in [0.25, 0.3) is 0 Å². The van der Waals surface area contributed by atoms with Crippen molar-refractivity contribution in [2.24, 2.45) is 0 Å². The fraction of sp³-hybridized carbons (Fsp3) is 0.323. The minimum Gasteiger partial charge on any atom is -0.453 e. The van der Waals surface area contributed by atoms with E-state index in [0.717, 1.165) is 21.7 Å². The molecule has 3 aromatic rings. The Bertz CT molecular complexity index is 1220. The summed E-state index contributed by atoms with van der Waals surface area (Å²) in [5.74, 6) is -0.414. The third kappa shape index (κ3) is 6.13. The molecule has 192 valence electrons. The highest BCUT2D eigenvalue weighted by molar-refractivity contribution is 8.01. The number of nitrogens with zero attached hydrogens (tertiary/aromatic N) is 1. The zero-order chi connectivity index (χ0) is 26.4. The quantitative estimate of drug-likeness (QED) is 0.240. The van der Waals surface area contributed by atoms with Crippen LogP contribution in [0.3, 0.4) is 0 Å². The van der Waals surface area contributed by atoms with Crippen LogP contribution in [0.5, 0.6) is 0 Å². The number of esters is 1. The van der Waals surface area contributed by atoms with E-state index < -0.39 is 16.8 Å². The Hall–Kier alpha value is -3.38. The van der Waals surface area contributed by atoms with Gasteiger partial charge in [-0.25, -0.2) is 0 Å². The zero-order valence-electron chi connectivity index (χ0n) is 21.6. The summed E-state index contributed by atoms with van der Waals surface area (Å²) in [6, 6.07) is 26.8. The Morgan fingerprint density at radius 1 is 0.973 bits per heavy atom. The number of thioether (sulfide) groups is 1. The maximum Gasteiger partial charge on any atom is 0.327 e. The van der Waals surface area contributed by atoms with E-state index in [1.807, 2.05) is 84.9 Å². The SMILES string of the molecule is CC(C)c1ccccc1SC1C(=O)CC(CCCC(=O)N(C)c2ccccc2)(c2ccccc2)OC1=O. The van der Waals surface area contributed by atoms with Gasteiger partial charge in [0.15, 0.2) is 11.0 Å². The van der Waals surface area contributed by atoms with Gasteiger partial charge in [0.05, 0.1) is 6.42 Å². The highest BCUT2D eigenvalue weighted by Gasteiger charge is 2.48. The van der Waals surface area contributed by atoms with Crippen molar-refractivity contribution in [2.75, 3.05) is 11.9 Å². The molecule has 1 saturated heterocycles. The summed E-state index contributed by atoms with van der Waals surface area (Å²) in [6.07, 6.45) is 1.25. The average molecular weight is 516 g/mol. The van der Waals surface area contributed by atoms with Crippen LogP contribution >= 0.6 is 11.8 Å². The molecule has 37 heavy (non-hydrogen) atoms. The highest BCUT2D eigenvalue weighted by atomic mass is 32.2. The second-order valence-electron chi connectivity index (χ2n) is 9.76. The third-order valence-corrected chi connectivity index (χ3v) is 8.15. The zero-order valence-corrected chi connectivity index (χ0v) is 22.4. The first-order valence-corrected chi connectivity index (χ1v) is 13.6. The molecule has 0 spiro atoms. The van der Waals surface area contributed by atoms with Crippen molar-refractivity contribution in [3.05, 3.63) is 96.1 Å². The molecule has 0 aromatic heterocycles. The van der Waals surface area contributed by atoms with E-state index in [0.29, 0.717) is 12.8 Å². The number of para-hydroxylation sites is 1. The van der Waals surface area contributed by atoms with E-state index in [1.54, 1.807) is 11.9 Å². The number of hydrogen-bond acceptors (Lipinski definition) is 5. The Labute approximate surface area is 223 Å². The van der Waals surface area contributed by atoms with Crippen LogP contribution in [0, 0.1) is 0 Å². The van der Waals surface area contributed by atoms with Gasteiger partial charge in [-0.05, 0) is 48.1 Å². The summed E-state index contributed by atoms with van der Waals surface area (Å²) >= 11 is 1.28. The molecule has 0 N–H and O–H groups in total. The molecule has 2 atom stereocenters. The minimum absolute atomic E-state index is 0.0263. The van der Waals surface area contributed by atoms with Crippen LogP contribution in [0.4, 0.5) is 5.69 Å². The Morgan fingerprint density at radius 3 is 2.24 bits per heavy atom. The number of benzene rings is 3. The number of anilines is 1. The van der Waals surface area contributed by atoms with Gasteiger partial charge in [-0.3, -0.25) is 14.4 Å². The number of Topliss-reactive ketones (excluding diaryl/α,β-unsaturated/α-hetero) is 1. The van der Waals surface area contributed by atoms with E-state index in [1.165, 1.54) is 11.8 Å². The van der Waals surface area contributed by atoms with E-state index in [-0.39, 0.29) is 30.4 Å². The van der Waals surface area contributed by atoms with Gasteiger partial charge in [0.2, 0.25) is 5.91 Å². The lowest BCUT2D eigenvalue weighted by Crippen LogP contribution is -2.47. The summed E-state index contributed by atoms with van der Waals surface area (Å²) in [5, 5.41) is -0.900. The largest absolute Gasteiger partial charge is 0.453 e. The third-order valence-electron chi connectivity index (χ3n) is 6.84. The van der Waals surface area contributed by atoms with Crippen LogP contribution in [-0.2, 0) is 24.7 Å². The molecule has 1 heterocycles. The van der Waals surface area contributed by atoms with E-state index >= 15 is 0 Å². The first kappa shape index (κ1) is 26.7. The van der Waals surface area contributed by atoms with Crippen molar-refractivity contribution >= 4 is 35.1 Å². The van der Waals surface area contributed by atoms with Crippen molar-refractivity contribution < 1.29 is 19.1 Å².